The van der Waals surface area contributed by atoms with Crippen LogP contribution >= 0.6 is 0 Å². The van der Waals surface area contributed by atoms with Crippen molar-refractivity contribution < 1.29 is 87.8 Å². The zero-order valence-electron chi connectivity index (χ0n) is 36.5. The van der Waals surface area contributed by atoms with Gasteiger partial charge in [0.2, 0.25) is 5.82 Å². The van der Waals surface area contributed by atoms with Gasteiger partial charge in [0.15, 0.2) is 63.9 Å². The molecular formula is C46H35BF19OSi2-. The summed E-state index contributed by atoms with van der Waals surface area (Å²) in [5.74, 6) is -61.6. The van der Waals surface area contributed by atoms with Gasteiger partial charge in [-0.25, -0.2) is 79.0 Å². The summed E-state index contributed by atoms with van der Waals surface area (Å²) < 4.78 is 311. The van der Waals surface area contributed by atoms with Gasteiger partial charge < -0.3 is 4.43 Å². The van der Waals surface area contributed by atoms with Crippen LogP contribution in [0, 0.1) is 111 Å². The average molecular weight is 1030 g/mol. The van der Waals surface area contributed by atoms with Crippen molar-refractivity contribution in [3.63, 3.8) is 0 Å². The van der Waals surface area contributed by atoms with Crippen molar-refractivity contribution in [2.24, 2.45) is 0 Å². The Morgan fingerprint density at radius 2 is 0.855 bits per heavy atom. The van der Waals surface area contributed by atoms with Crippen molar-refractivity contribution >= 4 is 55.2 Å². The molecule has 0 heterocycles. The minimum Gasteiger partial charge on any atom is -0.540 e. The minimum absolute atomic E-state index is 0.0308. The minimum atomic E-state index is -6.84. The van der Waals surface area contributed by atoms with Gasteiger partial charge in [-0.2, -0.15) is 9.85 Å². The number of halogens is 19. The van der Waals surface area contributed by atoms with Gasteiger partial charge in [0, 0.05) is 12.1 Å². The van der Waals surface area contributed by atoms with E-state index in [9.17, 15) is 8.78 Å². The molecule has 0 aliphatic rings. The van der Waals surface area contributed by atoms with E-state index >= 15 is 74.6 Å². The van der Waals surface area contributed by atoms with Gasteiger partial charge >= 0.3 is 0 Å². The number of fused-ring (bicyclic) bond motifs is 1. The van der Waals surface area contributed by atoms with Crippen molar-refractivity contribution in [3.05, 3.63) is 159 Å². The van der Waals surface area contributed by atoms with Crippen LogP contribution in [0.2, 0.25) is 35.8 Å². The monoisotopic (exact) mass is 1030 g/mol. The third-order valence-electron chi connectivity index (χ3n) is 13.7. The van der Waals surface area contributed by atoms with Crippen LogP contribution in [0.4, 0.5) is 83.4 Å². The topological polar surface area (TPSA) is 9.23 Å². The Bertz CT molecular complexity index is 2890. The van der Waals surface area contributed by atoms with Crippen molar-refractivity contribution in [2.75, 3.05) is 0 Å². The molecule has 0 radical (unpaired) electrons. The van der Waals surface area contributed by atoms with Crippen LogP contribution in [0.1, 0.15) is 40.2 Å². The summed E-state index contributed by atoms with van der Waals surface area (Å²) in [7, 11) is -6.25. The lowest BCUT2D eigenvalue weighted by Crippen LogP contribution is -2.80. The first kappa shape index (κ1) is 52.9. The first-order valence-corrected chi connectivity index (χ1v) is 26.2. The predicted octanol–water partition coefficient (Wildman–Crippen LogP) is 12.9. The number of rotatable bonds is 15. The highest BCUT2D eigenvalue weighted by molar-refractivity contribution is 7.20. The van der Waals surface area contributed by atoms with E-state index < -0.39 is 189 Å². The standard InChI is InChI=1S/C46H35BF19OSi2/c1-6-68(7-2,8-3)14-15-69(19(4)5,18-20-12-10-9-11-13-20)67-46-25-24(31(52)38(59)45(46)66)30(51)26(33(54)32(25)53)47(22-16-21(48)17-23(49)29(22)50,27-34(55)39(60)43(64)40(61)35(27)56)28-36(57)41(62)44(65)42(63)37(28)58/h9-13,16-17,19H,6-8,14-15,18H2,1-5H3/q-1. The van der Waals surface area contributed by atoms with E-state index in [0.29, 0.717) is 29.7 Å². The smallest absolute Gasteiger partial charge is 0.257 e. The summed E-state index contributed by atoms with van der Waals surface area (Å²) in [6.45, 7) is 8.86. The highest BCUT2D eigenvalue weighted by Gasteiger charge is 2.51. The van der Waals surface area contributed by atoms with Gasteiger partial charge in [-0.1, -0.05) is 95.2 Å². The summed E-state index contributed by atoms with van der Waals surface area (Å²) >= 11 is 0. The van der Waals surface area contributed by atoms with E-state index in [2.05, 4.69) is 0 Å². The summed E-state index contributed by atoms with van der Waals surface area (Å²) in [5, 5.41) is -4.58. The number of hydrogen-bond acceptors (Lipinski definition) is 1. The van der Waals surface area contributed by atoms with Crippen LogP contribution < -0.4 is 26.3 Å². The van der Waals surface area contributed by atoms with Crippen molar-refractivity contribution in [2.45, 2.75) is 76.4 Å². The molecule has 0 aliphatic carbocycles. The van der Waals surface area contributed by atoms with Gasteiger partial charge in [0.25, 0.3) is 8.32 Å². The van der Waals surface area contributed by atoms with Gasteiger partial charge in [0.05, 0.1) is 18.8 Å². The third kappa shape index (κ3) is 8.27. The number of benzene rings is 6. The molecule has 23 heteroatoms. The molecule has 0 fully saturated rings. The molecule has 6 aromatic carbocycles. The van der Waals surface area contributed by atoms with E-state index in [0.717, 1.165) is 0 Å². The van der Waals surface area contributed by atoms with Crippen LogP contribution in [-0.4, -0.2) is 22.5 Å². The molecule has 6 rings (SSSR count). The van der Waals surface area contributed by atoms with E-state index in [1.807, 2.05) is 20.8 Å². The lowest BCUT2D eigenvalue weighted by atomic mass is 9.12. The molecule has 0 aromatic heterocycles. The largest absolute Gasteiger partial charge is 0.540 e. The molecule has 1 unspecified atom stereocenters. The van der Waals surface area contributed by atoms with E-state index in [1.54, 1.807) is 44.2 Å². The maximum absolute atomic E-state index is 17.9. The van der Waals surface area contributed by atoms with Gasteiger partial charge in [0.1, 0.15) is 52.7 Å². The Labute approximate surface area is 383 Å². The molecule has 6 aromatic rings. The molecule has 1 atom stereocenters. The fourth-order valence-corrected chi connectivity index (χ4v) is 18.9. The van der Waals surface area contributed by atoms with Crippen LogP contribution in [-0.2, 0) is 6.04 Å². The summed E-state index contributed by atoms with van der Waals surface area (Å²) in [5.41, 5.74) is -12.7. The first-order chi connectivity index (χ1) is 32.3. The Balaban J connectivity index is 1.92. The summed E-state index contributed by atoms with van der Waals surface area (Å²) in [6.07, 6.45) is -6.84. The highest BCUT2D eigenvalue weighted by Crippen LogP contribution is 2.44. The molecular weight excluding hydrogens is 996 g/mol. The molecule has 69 heavy (non-hydrogen) atoms. The molecule has 370 valence electrons. The lowest BCUT2D eigenvalue weighted by molar-refractivity contribution is 0.381. The maximum atomic E-state index is 17.9. The normalized spacial score (nSPS) is 13.2. The lowest BCUT2D eigenvalue weighted by Gasteiger charge is -2.45. The summed E-state index contributed by atoms with van der Waals surface area (Å²) in [6, 6.07) is 9.08. The molecule has 0 amide bonds. The highest BCUT2D eigenvalue weighted by atomic mass is 28.4. The SMILES string of the molecule is CC[Si](CC)(CC)CC[Si](Cc1ccccc1)(Oc1c(F)c(F)c(F)c2c(F)c([B-](c3cc(F)cc(F)c3F)(c3c(F)c(F)c(F)c(F)c3F)c3c(F)c(F)c(F)c(F)c3F)c(F)c(F)c12)C(C)C. The Morgan fingerprint density at radius 1 is 0.449 bits per heavy atom. The van der Waals surface area contributed by atoms with Crippen LogP contribution in [0.3, 0.4) is 0 Å². The van der Waals surface area contributed by atoms with Crippen LogP contribution in [0.5, 0.6) is 5.75 Å². The van der Waals surface area contributed by atoms with Crippen molar-refractivity contribution in [3.8, 4) is 5.75 Å². The molecule has 0 saturated heterocycles. The van der Waals surface area contributed by atoms with E-state index in [1.165, 1.54) is 0 Å². The first-order valence-electron chi connectivity index (χ1n) is 21.0. The fraction of sp³-hybridized carbons (Fsp3) is 0.261. The Morgan fingerprint density at radius 3 is 1.30 bits per heavy atom. The molecule has 0 N–H and O–H groups in total. The second-order valence-electron chi connectivity index (χ2n) is 17.0. The molecule has 0 bridgehead atoms. The Kier molecular flexibility index (Phi) is 14.9. The zero-order valence-corrected chi connectivity index (χ0v) is 38.5. The molecule has 0 saturated carbocycles. The van der Waals surface area contributed by atoms with Crippen molar-refractivity contribution in [1.82, 2.24) is 0 Å². The van der Waals surface area contributed by atoms with Gasteiger partial charge in [-0.15, -0.1) is 16.4 Å². The van der Waals surface area contributed by atoms with Gasteiger partial charge in [-0.3, -0.25) is 0 Å². The van der Waals surface area contributed by atoms with Crippen LogP contribution in [0.15, 0.2) is 42.5 Å². The third-order valence-corrected chi connectivity index (χ3v) is 24.8. The average Bonchev–Trinajstić information content (AvgIpc) is 3.32. The second-order valence-corrected chi connectivity index (χ2v) is 27.0. The summed E-state index contributed by atoms with van der Waals surface area (Å²) in [4.78, 5) is 0. The maximum Gasteiger partial charge on any atom is 0.257 e. The predicted molar refractivity (Wildman–Crippen MR) is 225 cm³/mol. The molecule has 1 nitrogen and oxygen atoms in total. The quantitative estimate of drug-likeness (QED) is 0.0431. The fourth-order valence-electron chi connectivity index (χ4n) is 9.47. The van der Waals surface area contributed by atoms with Crippen molar-refractivity contribution in [1.29, 1.82) is 0 Å². The van der Waals surface area contributed by atoms with E-state index in [-0.39, 0.29) is 12.1 Å². The van der Waals surface area contributed by atoms with Crippen LogP contribution in [0.25, 0.3) is 10.8 Å². The Hall–Kier alpha value is -5.45. The zero-order chi connectivity index (χ0) is 51.6. The second kappa shape index (κ2) is 19.4. The number of hydrogen-bond donors (Lipinski definition) is 0. The molecule has 0 aliphatic heterocycles. The van der Waals surface area contributed by atoms with Gasteiger partial charge in [-0.05, 0) is 17.1 Å². The van der Waals surface area contributed by atoms with E-state index in [4.69, 9.17) is 4.43 Å². The molecule has 0 spiro atoms.